The standard InChI is InChI=1S/C19H30N2O4S/c1-15-8-11-21(12-9-15)18(16-4-6-17(25-2)7-5-16)14-20-19(22)10-13-26(3,23)24/h4-7,15,18H,8-14H2,1-3H3,(H,20,22). The number of sulfone groups is 1. The zero-order valence-corrected chi connectivity index (χ0v) is 16.7. The van der Waals surface area contributed by atoms with Crippen molar-refractivity contribution in [2.24, 2.45) is 5.92 Å². The molecule has 1 saturated heterocycles. The first-order valence-electron chi connectivity index (χ1n) is 9.11. The van der Waals surface area contributed by atoms with Gasteiger partial charge in [-0.1, -0.05) is 19.1 Å². The van der Waals surface area contributed by atoms with E-state index in [9.17, 15) is 13.2 Å². The van der Waals surface area contributed by atoms with E-state index < -0.39 is 9.84 Å². The number of nitrogens with zero attached hydrogens (tertiary/aromatic N) is 1. The molecule has 1 aromatic carbocycles. The fourth-order valence-corrected chi connectivity index (χ4v) is 3.76. The highest BCUT2D eigenvalue weighted by Crippen LogP contribution is 2.27. The third-order valence-corrected chi connectivity index (χ3v) is 5.90. The van der Waals surface area contributed by atoms with E-state index in [1.807, 2.05) is 24.3 Å². The second kappa shape index (κ2) is 9.37. The number of methoxy groups -OCH3 is 1. The van der Waals surface area contributed by atoms with E-state index in [1.165, 1.54) is 0 Å². The molecule has 6 nitrogen and oxygen atoms in total. The number of hydrogen-bond donors (Lipinski definition) is 1. The van der Waals surface area contributed by atoms with Crippen molar-refractivity contribution in [3.05, 3.63) is 29.8 Å². The summed E-state index contributed by atoms with van der Waals surface area (Å²) in [6.07, 6.45) is 3.45. The second-order valence-corrected chi connectivity index (χ2v) is 9.45. The van der Waals surface area contributed by atoms with Crippen LogP contribution in [0, 0.1) is 5.92 Å². The molecule has 0 radical (unpaired) electrons. The maximum Gasteiger partial charge on any atom is 0.221 e. The largest absolute Gasteiger partial charge is 0.497 e. The Hall–Kier alpha value is -1.60. The predicted molar refractivity (Wildman–Crippen MR) is 103 cm³/mol. The number of nitrogens with one attached hydrogen (secondary N) is 1. The van der Waals surface area contributed by atoms with Gasteiger partial charge >= 0.3 is 0 Å². The van der Waals surface area contributed by atoms with E-state index >= 15 is 0 Å². The van der Waals surface area contributed by atoms with E-state index in [4.69, 9.17) is 4.74 Å². The Kier molecular flexibility index (Phi) is 7.46. The van der Waals surface area contributed by atoms with Crippen molar-refractivity contribution >= 4 is 15.7 Å². The summed E-state index contributed by atoms with van der Waals surface area (Å²) >= 11 is 0. The van der Waals surface area contributed by atoms with Crippen molar-refractivity contribution in [1.82, 2.24) is 10.2 Å². The summed E-state index contributed by atoms with van der Waals surface area (Å²) in [5.74, 6) is 1.19. The van der Waals surface area contributed by atoms with Crippen molar-refractivity contribution in [3.63, 3.8) is 0 Å². The van der Waals surface area contributed by atoms with E-state index in [-0.39, 0.29) is 24.1 Å². The van der Waals surface area contributed by atoms with Gasteiger partial charge in [-0.05, 0) is 49.5 Å². The van der Waals surface area contributed by atoms with Crippen LogP contribution in [0.25, 0.3) is 0 Å². The Morgan fingerprint density at radius 1 is 1.27 bits per heavy atom. The maximum absolute atomic E-state index is 12.0. The minimum absolute atomic E-state index is 0.00516. The smallest absolute Gasteiger partial charge is 0.221 e. The number of rotatable bonds is 8. The molecule has 1 atom stereocenters. The molecule has 1 fully saturated rings. The lowest BCUT2D eigenvalue weighted by Gasteiger charge is -2.37. The Balaban J connectivity index is 2.03. The number of piperidine rings is 1. The van der Waals surface area contributed by atoms with Gasteiger partial charge < -0.3 is 10.1 Å². The van der Waals surface area contributed by atoms with Gasteiger partial charge in [0.1, 0.15) is 15.6 Å². The summed E-state index contributed by atoms with van der Waals surface area (Å²) in [7, 11) is -1.49. The molecule has 1 heterocycles. The topological polar surface area (TPSA) is 75.7 Å². The maximum atomic E-state index is 12.0. The molecule has 0 spiro atoms. The first kappa shape index (κ1) is 20.7. The van der Waals surface area contributed by atoms with Crippen molar-refractivity contribution < 1.29 is 17.9 Å². The SMILES string of the molecule is COc1ccc(C(CNC(=O)CCS(C)(=O)=O)N2CCC(C)CC2)cc1. The number of ether oxygens (including phenoxy) is 1. The van der Waals surface area contributed by atoms with Crippen LogP contribution in [0.4, 0.5) is 0 Å². The lowest BCUT2D eigenvalue weighted by atomic mass is 9.95. The van der Waals surface area contributed by atoms with Crippen molar-refractivity contribution in [2.45, 2.75) is 32.2 Å². The number of benzene rings is 1. The molecule has 2 rings (SSSR count). The summed E-state index contributed by atoms with van der Waals surface area (Å²) in [6.45, 7) is 4.74. The minimum atomic E-state index is -3.13. The quantitative estimate of drug-likeness (QED) is 0.744. The summed E-state index contributed by atoms with van der Waals surface area (Å²) in [6, 6.07) is 8.00. The molecule has 0 saturated carbocycles. The number of amides is 1. The van der Waals surface area contributed by atoms with Gasteiger partial charge in [0.15, 0.2) is 0 Å². The Bertz CT molecular complexity index is 680. The van der Waals surface area contributed by atoms with Crippen LogP contribution in [-0.2, 0) is 14.6 Å². The Labute approximate surface area is 156 Å². The first-order valence-corrected chi connectivity index (χ1v) is 11.2. The Morgan fingerprint density at radius 2 is 1.88 bits per heavy atom. The molecular weight excluding hydrogens is 352 g/mol. The van der Waals surface area contributed by atoms with Crippen LogP contribution >= 0.6 is 0 Å². The van der Waals surface area contributed by atoms with Crippen molar-refractivity contribution in [3.8, 4) is 5.75 Å². The molecule has 0 aromatic heterocycles. The van der Waals surface area contributed by atoms with Gasteiger partial charge in [0, 0.05) is 19.2 Å². The molecule has 1 unspecified atom stereocenters. The van der Waals surface area contributed by atoms with Crippen LogP contribution in [0.5, 0.6) is 5.75 Å². The van der Waals surface area contributed by atoms with Gasteiger partial charge in [0.05, 0.1) is 18.9 Å². The molecule has 146 valence electrons. The summed E-state index contributed by atoms with van der Waals surface area (Å²) in [5.41, 5.74) is 1.13. The number of carbonyl (C=O) groups excluding carboxylic acids is 1. The third-order valence-electron chi connectivity index (χ3n) is 4.95. The molecule has 1 amide bonds. The van der Waals surface area contributed by atoms with Crippen molar-refractivity contribution in [1.29, 1.82) is 0 Å². The van der Waals surface area contributed by atoms with E-state index in [0.717, 1.165) is 49.4 Å². The lowest BCUT2D eigenvalue weighted by molar-refractivity contribution is -0.121. The van der Waals surface area contributed by atoms with Crippen LogP contribution in [-0.4, -0.2) is 58.0 Å². The zero-order valence-electron chi connectivity index (χ0n) is 15.9. The summed E-state index contributed by atoms with van der Waals surface area (Å²) < 4.78 is 27.7. The van der Waals surface area contributed by atoms with Gasteiger partial charge in [-0.2, -0.15) is 0 Å². The van der Waals surface area contributed by atoms with Gasteiger partial charge in [0.25, 0.3) is 0 Å². The average molecular weight is 383 g/mol. The van der Waals surface area contributed by atoms with Crippen LogP contribution in [0.3, 0.4) is 0 Å². The van der Waals surface area contributed by atoms with Gasteiger partial charge in [-0.15, -0.1) is 0 Å². The highest BCUT2D eigenvalue weighted by Gasteiger charge is 2.25. The monoisotopic (exact) mass is 382 g/mol. The molecule has 0 aliphatic carbocycles. The molecule has 1 N–H and O–H groups in total. The average Bonchev–Trinajstić information content (AvgIpc) is 2.61. The van der Waals surface area contributed by atoms with Crippen LogP contribution < -0.4 is 10.1 Å². The highest BCUT2D eigenvalue weighted by atomic mass is 32.2. The first-order chi connectivity index (χ1) is 12.3. The zero-order chi connectivity index (χ0) is 19.2. The molecule has 7 heteroatoms. The molecule has 1 aromatic rings. The molecular formula is C19H30N2O4S. The molecule has 1 aliphatic heterocycles. The van der Waals surface area contributed by atoms with Crippen LogP contribution in [0.2, 0.25) is 0 Å². The number of likely N-dealkylation sites (tertiary alicyclic amines) is 1. The predicted octanol–water partition coefficient (Wildman–Crippen LogP) is 2.02. The van der Waals surface area contributed by atoms with Gasteiger partial charge in [0.2, 0.25) is 5.91 Å². The molecule has 1 aliphatic rings. The van der Waals surface area contributed by atoms with Crippen LogP contribution in [0.1, 0.15) is 37.8 Å². The van der Waals surface area contributed by atoms with E-state index in [0.29, 0.717) is 6.54 Å². The summed E-state index contributed by atoms with van der Waals surface area (Å²) in [4.78, 5) is 14.4. The highest BCUT2D eigenvalue weighted by molar-refractivity contribution is 7.90. The minimum Gasteiger partial charge on any atom is -0.497 e. The Morgan fingerprint density at radius 3 is 2.42 bits per heavy atom. The lowest BCUT2D eigenvalue weighted by Crippen LogP contribution is -2.42. The van der Waals surface area contributed by atoms with Crippen molar-refractivity contribution in [2.75, 3.05) is 38.8 Å². The molecule has 0 bridgehead atoms. The molecule has 26 heavy (non-hydrogen) atoms. The normalized spacial score (nSPS) is 17.7. The number of hydrogen-bond acceptors (Lipinski definition) is 5. The fourth-order valence-electron chi connectivity index (χ4n) is 3.20. The summed E-state index contributed by atoms with van der Waals surface area (Å²) in [5, 5.41) is 2.91. The van der Waals surface area contributed by atoms with E-state index in [2.05, 4.69) is 17.1 Å². The third kappa shape index (κ3) is 6.61. The fraction of sp³-hybridized carbons (Fsp3) is 0.632. The van der Waals surface area contributed by atoms with E-state index in [1.54, 1.807) is 7.11 Å². The number of carbonyl (C=O) groups is 1. The van der Waals surface area contributed by atoms with Gasteiger partial charge in [-0.3, -0.25) is 9.69 Å². The second-order valence-electron chi connectivity index (χ2n) is 7.19. The van der Waals surface area contributed by atoms with Gasteiger partial charge in [-0.25, -0.2) is 8.42 Å². The van der Waals surface area contributed by atoms with Crippen LogP contribution in [0.15, 0.2) is 24.3 Å².